The van der Waals surface area contributed by atoms with Crippen LogP contribution in [0.25, 0.3) is 0 Å². The quantitative estimate of drug-likeness (QED) is 0.839. The molecule has 1 aromatic heterocycles. The van der Waals surface area contributed by atoms with Gasteiger partial charge in [-0.1, -0.05) is 0 Å². The number of thioether (sulfide) groups is 1. The lowest BCUT2D eigenvalue weighted by Crippen LogP contribution is -2.12. The van der Waals surface area contributed by atoms with Gasteiger partial charge >= 0.3 is 5.97 Å². The first-order valence-corrected chi connectivity index (χ1v) is 7.13. The third-order valence-corrected chi connectivity index (χ3v) is 3.48. The summed E-state index contributed by atoms with van der Waals surface area (Å²) in [5.41, 5.74) is 0.382. The van der Waals surface area contributed by atoms with E-state index in [1.165, 1.54) is 0 Å². The summed E-state index contributed by atoms with van der Waals surface area (Å²) in [5, 5.41) is 9.02. The van der Waals surface area contributed by atoms with Crippen LogP contribution >= 0.6 is 34.4 Å². The minimum Gasteiger partial charge on any atom is -0.477 e. The van der Waals surface area contributed by atoms with Crippen molar-refractivity contribution in [1.29, 1.82) is 0 Å². The second kappa shape index (κ2) is 5.79. The van der Waals surface area contributed by atoms with E-state index in [2.05, 4.69) is 35.8 Å². The van der Waals surface area contributed by atoms with Crippen molar-refractivity contribution in [3.05, 3.63) is 21.5 Å². The van der Waals surface area contributed by atoms with E-state index in [4.69, 9.17) is 5.11 Å². The van der Waals surface area contributed by atoms with Crippen molar-refractivity contribution in [3.8, 4) is 0 Å². The zero-order chi connectivity index (χ0) is 11.4. The van der Waals surface area contributed by atoms with E-state index in [0.717, 1.165) is 15.7 Å². The Bertz CT molecular complexity index is 351. The van der Waals surface area contributed by atoms with Crippen LogP contribution in [0.4, 0.5) is 0 Å². The molecule has 84 valence electrons. The van der Waals surface area contributed by atoms with E-state index < -0.39 is 5.97 Å². The fourth-order valence-electron chi connectivity index (χ4n) is 1.41. The van der Waals surface area contributed by atoms with Crippen LogP contribution < -0.4 is 0 Å². The molecule has 0 spiro atoms. The van der Waals surface area contributed by atoms with Crippen LogP contribution in [0.1, 0.15) is 29.9 Å². The van der Waals surface area contributed by atoms with Crippen LogP contribution in [0, 0.1) is 3.57 Å². The summed E-state index contributed by atoms with van der Waals surface area (Å²) in [6, 6.07) is 1.95. The van der Waals surface area contributed by atoms with Crippen molar-refractivity contribution >= 4 is 40.3 Å². The van der Waals surface area contributed by atoms with Crippen LogP contribution in [-0.2, 0) is 0 Å². The first-order chi connectivity index (χ1) is 7.06. The summed E-state index contributed by atoms with van der Waals surface area (Å²) < 4.78 is 2.82. The minimum atomic E-state index is -0.853. The maximum Gasteiger partial charge on any atom is 0.352 e. The van der Waals surface area contributed by atoms with Gasteiger partial charge in [0.25, 0.3) is 0 Å². The average Bonchev–Trinajstić information content (AvgIpc) is 2.57. The van der Waals surface area contributed by atoms with Crippen molar-refractivity contribution in [2.75, 3.05) is 12.0 Å². The first kappa shape index (κ1) is 12.9. The number of carbonyl (C=O) groups is 1. The number of nitrogens with zero attached hydrogens (tertiary/aromatic N) is 1. The number of aromatic carboxylic acids is 1. The van der Waals surface area contributed by atoms with Gasteiger partial charge < -0.3 is 9.67 Å². The normalized spacial score (nSPS) is 12.7. The van der Waals surface area contributed by atoms with Gasteiger partial charge in [-0.15, -0.1) is 0 Å². The highest BCUT2D eigenvalue weighted by molar-refractivity contribution is 14.1. The third kappa shape index (κ3) is 3.41. The molecule has 0 amide bonds. The zero-order valence-corrected chi connectivity index (χ0v) is 11.7. The topological polar surface area (TPSA) is 42.2 Å². The van der Waals surface area contributed by atoms with Gasteiger partial charge in [0.15, 0.2) is 0 Å². The molecule has 0 saturated carbocycles. The van der Waals surface area contributed by atoms with Crippen molar-refractivity contribution in [2.45, 2.75) is 19.4 Å². The Labute approximate surface area is 107 Å². The Morgan fingerprint density at radius 2 is 2.40 bits per heavy atom. The SMILES string of the molecule is CSCCC(C)n1cc(I)cc1C(=O)O. The molecular weight excluding hydrogens is 325 g/mol. The van der Waals surface area contributed by atoms with Gasteiger partial charge in [0.05, 0.1) is 0 Å². The van der Waals surface area contributed by atoms with Gasteiger partial charge in [-0.25, -0.2) is 4.79 Å². The smallest absolute Gasteiger partial charge is 0.352 e. The molecule has 1 rings (SSSR count). The lowest BCUT2D eigenvalue weighted by Gasteiger charge is -2.14. The zero-order valence-electron chi connectivity index (χ0n) is 8.74. The molecule has 0 radical (unpaired) electrons. The average molecular weight is 339 g/mol. The van der Waals surface area contributed by atoms with Gasteiger partial charge in [-0.2, -0.15) is 11.8 Å². The first-order valence-electron chi connectivity index (χ1n) is 4.66. The fraction of sp³-hybridized carbons (Fsp3) is 0.500. The van der Waals surface area contributed by atoms with Gasteiger partial charge in [0.2, 0.25) is 0 Å². The van der Waals surface area contributed by atoms with E-state index in [9.17, 15) is 4.79 Å². The van der Waals surface area contributed by atoms with Crippen molar-refractivity contribution < 1.29 is 9.90 Å². The number of hydrogen-bond acceptors (Lipinski definition) is 2. The number of halogens is 1. The number of carboxylic acids is 1. The monoisotopic (exact) mass is 339 g/mol. The molecule has 0 aliphatic rings. The van der Waals surface area contributed by atoms with Crippen LogP contribution in [-0.4, -0.2) is 27.7 Å². The Morgan fingerprint density at radius 3 is 2.93 bits per heavy atom. The molecule has 15 heavy (non-hydrogen) atoms. The molecule has 1 N–H and O–H groups in total. The minimum absolute atomic E-state index is 0.243. The Kier molecular flexibility index (Phi) is 4.98. The lowest BCUT2D eigenvalue weighted by molar-refractivity contribution is 0.0683. The number of aromatic nitrogens is 1. The van der Waals surface area contributed by atoms with E-state index in [-0.39, 0.29) is 6.04 Å². The molecule has 1 heterocycles. The molecule has 0 saturated heterocycles. The molecular formula is C10H14INO2S. The summed E-state index contributed by atoms with van der Waals surface area (Å²) in [6.45, 7) is 2.05. The highest BCUT2D eigenvalue weighted by Gasteiger charge is 2.15. The molecule has 5 heteroatoms. The molecule has 0 bridgehead atoms. The highest BCUT2D eigenvalue weighted by Crippen LogP contribution is 2.20. The second-order valence-electron chi connectivity index (χ2n) is 3.39. The third-order valence-electron chi connectivity index (χ3n) is 2.25. The summed E-state index contributed by atoms with van der Waals surface area (Å²) in [6.07, 6.45) is 4.95. The van der Waals surface area contributed by atoms with Crippen LogP contribution in [0.2, 0.25) is 0 Å². The standard InChI is InChI=1S/C10H14INO2S/c1-7(3-4-15-2)12-6-8(11)5-9(12)10(13)14/h5-7H,3-4H2,1-2H3,(H,13,14). The Balaban J connectivity index is 2.86. The molecule has 1 atom stereocenters. The summed E-state index contributed by atoms with van der Waals surface area (Å²) in [7, 11) is 0. The molecule has 1 aromatic rings. The van der Waals surface area contributed by atoms with Gasteiger partial charge in [-0.3, -0.25) is 0 Å². The van der Waals surface area contributed by atoms with E-state index in [0.29, 0.717) is 5.69 Å². The van der Waals surface area contributed by atoms with Crippen molar-refractivity contribution in [1.82, 2.24) is 4.57 Å². The van der Waals surface area contributed by atoms with Crippen molar-refractivity contribution in [3.63, 3.8) is 0 Å². The maximum atomic E-state index is 11.0. The van der Waals surface area contributed by atoms with E-state index in [1.54, 1.807) is 17.8 Å². The number of carboxylic acid groups (broad SMARTS) is 1. The molecule has 3 nitrogen and oxygen atoms in total. The molecule has 0 fully saturated rings. The predicted octanol–water partition coefficient (Wildman–Crippen LogP) is 3.11. The highest BCUT2D eigenvalue weighted by atomic mass is 127. The van der Waals surface area contributed by atoms with Gasteiger partial charge in [0.1, 0.15) is 5.69 Å². The van der Waals surface area contributed by atoms with Crippen LogP contribution in [0.3, 0.4) is 0 Å². The Morgan fingerprint density at radius 1 is 1.73 bits per heavy atom. The largest absolute Gasteiger partial charge is 0.477 e. The molecule has 0 aliphatic carbocycles. The Hall–Kier alpha value is -0.170. The fourth-order valence-corrected chi connectivity index (χ4v) is 2.58. The summed E-state index contributed by atoms with van der Waals surface area (Å²) in [5.74, 6) is 0.198. The van der Waals surface area contributed by atoms with Gasteiger partial charge in [0, 0.05) is 15.8 Å². The van der Waals surface area contributed by atoms with Crippen LogP contribution in [0.5, 0.6) is 0 Å². The maximum absolute atomic E-state index is 11.0. The van der Waals surface area contributed by atoms with E-state index >= 15 is 0 Å². The van der Waals surface area contributed by atoms with Crippen molar-refractivity contribution in [2.24, 2.45) is 0 Å². The molecule has 1 unspecified atom stereocenters. The molecule has 0 aliphatic heterocycles. The second-order valence-corrected chi connectivity index (χ2v) is 5.62. The summed E-state index contributed by atoms with van der Waals surface area (Å²) in [4.78, 5) is 11.0. The number of hydrogen-bond donors (Lipinski definition) is 1. The van der Waals surface area contributed by atoms with E-state index in [1.807, 2.05) is 10.8 Å². The van der Waals surface area contributed by atoms with Gasteiger partial charge in [-0.05, 0) is 54.0 Å². The molecule has 0 aromatic carbocycles. The van der Waals surface area contributed by atoms with Crippen LogP contribution in [0.15, 0.2) is 12.3 Å². The number of rotatable bonds is 5. The predicted molar refractivity (Wildman–Crippen MR) is 71.8 cm³/mol. The summed E-state index contributed by atoms with van der Waals surface area (Å²) >= 11 is 3.92. The lowest BCUT2D eigenvalue weighted by atomic mass is 10.2.